The van der Waals surface area contributed by atoms with Crippen molar-refractivity contribution >= 4 is 6.09 Å². The summed E-state index contributed by atoms with van der Waals surface area (Å²) in [6, 6.07) is 9.62. The van der Waals surface area contributed by atoms with E-state index in [9.17, 15) is 4.79 Å². The summed E-state index contributed by atoms with van der Waals surface area (Å²) >= 11 is 0. The Morgan fingerprint density at radius 1 is 1.29 bits per heavy atom. The third kappa shape index (κ3) is 5.23. The molecule has 4 nitrogen and oxygen atoms in total. The van der Waals surface area contributed by atoms with Crippen LogP contribution in [0.1, 0.15) is 24.8 Å². The van der Waals surface area contributed by atoms with Gasteiger partial charge in [-0.3, -0.25) is 0 Å². The van der Waals surface area contributed by atoms with Gasteiger partial charge in [0, 0.05) is 13.1 Å². The van der Waals surface area contributed by atoms with Crippen LogP contribution in [-0.4, -0.2) is 35.8 Å². The molecule has 21 heavy (non-hydrogen) atoms. The largest absolute Gasteiger partial charge is 0.445 e. The van der Waals surface area contributed by atoms with Crippen LogP contribution >= 0.6 is 0 Å². The summed E-state index contributed by atoms with van der Waals surface area (Å²) < 4.78 is 5.34. The van der Waals surface area contributed by atoms with Gasteiger partial charge < -0.3 is 14.7 Å². The maximum Gasteiger partial charge on any atom is 0.410 e. The molecule has 0 bridgehead atoms. The molecule has 1 aliphatic carbocycles. The number of aliphatic hydroxyl groups is 1. The topological polar surface area (TPSA) is 49.8 Å². The van der Waals surface area contributed by atoms with E-state index in [0.717, 1.165) is 24.8 Å². The number of benzene rings is 1. The minimum Gasteiger partial charge on any atom is -0.445 e. The molecular weight excluding hydrogens is 266 g/mol. The van der Waals surface area contributed by atoms with E-state index in [4.69, 9.17) is 9.84 Å². The number of aliphatic hydroxyl groups excluding tert-OH is 1. The van der Waals surface area contributed by atoms with Crippen molar-refractivity contribution < 1.29 is 14.6 Å². The first-order valence-electron chi connectivity index (χ1n) is 7.51. The van der Waals surface area contributed by atoms with Gasteiger partial charge >= 0.3 is 6.09 Å². The zero-order valence-electron chi connectivity index (χ0n) is 12.3. The summed E-state index contributed by atoms with van der Waals surface area (Å²) in [6.45, 7) is 1.21. The molecule has 0 radical (unpaired) electrons. The van der Waals surface area contributed by atoms with Gasteiger partial charge in [0.1, 0.15) is 6.61 Å². The van der Waals surface area contributed by atoms with Crippen molar-refractivity contribution in [2.75, 3.05) is 19.7 Å². The molecule has 0 aliphatic heterocycles. The molecular formula is C17H23NO3. The summed E-state index contributed by atoms with van der Waals surface area (Å²) in [4.78, 5) is 13.8. The fourth-order valence-electron chi connectivity index (χ4n) is 2.52. The number of hydrogen-bond donors (Lipinski definition) is 1. The summed E-state index contributed by atoms with van der Waals surface area (Å²) in [5.41, 5.74) is 0.968. The molecule has 0 fully saturated rings. The molecule has 114 valence electrons. The Bertz CT molecular complexity index is 458. The molecule has 0 aromatic heterocycles. The molecule has 4 heteroatoms. The zero-order chi connectivity index (χ0) is 14.9. The van der Waals surface area contributed by atoms with Gasteiger partial charge in [0.15, 0.2) is 0 Å². The third-order valence-electron chi connectivity index (χ3n) is 3.69. The van der Waals surface area contributed by atoms with Gasteiger partial charge in [0.05, 0.1) is 6.61 Å². The molecule has 1 amide bonds. The quantitative estimate of drug-likeness (QED) is 0.819. The molecule has 1 atom stereocenters. The first-order valence-corrected chi connectivity index (χ1v) is 7.51. The standard InChI is InChI=1S/C17H23NO3/c19-12-11-18(13-15-7-3-1-4-8-15)17(20)21-14-16-9-5-2-6-10-16/h1-3,5-6,9-10,15,19H,4,7-8,11-14H2. The van der Waals surface area contributed by atoms with Crippen molar-refractivity contribution in [1.29, 1.82) is 0 Å². The Labute approximate surface area is 126 Å². The van der Waals surface area contributed by atoms with E-state index in [-0.39, 0.29) is 19.3 Å². The van der Waals surface area contributed by atoms with Gasteiger partial charge in [0.25, 0.3) is 0 Å². The van der Waals surface area contributed by atoms with Crippen LogP contribution in [0.25, 0.3) is 0 Å². The predicted octanol–water partition coefficient (Wildman–Crippen LogP) is 2.97. The van der Waals surface area contributed by atoms with Crippen LogP contribution in [0.2, 0.25) is 0 Å². The van der Waals surface area contributed by atoms with Crippen LogP contribution in [0.4, 0.5) is 4.79 Å². The second kappa shape index (κ2) is 8.47. The molecule has 0 saturated carbocycles. The minimum absolute atomic E-state index is 0.0387. The number of rotatable bonds is 6. The third-order valence-corrected chi connectivity index (χ3v) is 3.69. The van der Waals surface area contributed by atoms with Crippen LogP contribution in [-0.2, 0) is 11.3 Å². The molecule has 1 aliphatic rings. The Morgan fingerprint density at radius 3 is 2.76 bits per heavy atom. The fourth-order valence-corrected chi connectivity index (χ4v) is 2.52. The lowest BCUT2D eigenvalue weighted by molar-refractivity contribution is 0.0815. The Kier molecular flexibility index (Phi) is 6.28. The Balaban J connectivity index is 1.84. The molecule has 1 aromatic carbocycles. The van der Waals surface area contributed by atoms with E-state index in [1.54, 1.807) is 4.90 Å². The molecule has 0 heterocycles. The lowest BCUT2D eigenvalue weighted by atomic mass is 9.94. The average Bonchev–Trinajstić information content (AvgIpc) is 2.54. The molecule has 1 unspecified atom stereocenters. The van der Waals surface area contributed by atoms with Crippen LogP contribution in [0, 0.1) is 5.92 Å². The van der Waals surface area contributed by atoms with Gasteiger partial charge in [0.2, 0.25) is 0 Å². The van der Waals surface area contributed by atoms with Crippen LogP contribution in [0.15, 0.2) is 42.5 Å². The average molecular weight is 289 g/mol. The van der Waals surface area contributed by atoms with E-state index < -0.39 is 0 Å². The van der Waals surface area contributed by atoms with Crippen molar-refractivity contribution in [1.82, 2.24) is 4.90 Å². The number of hydrogen-bond acceptors (Lipinski definition) is 3. The van der Waals surface area contributed by atoms with E-state index in [1.165, 1.54) is 0 Å². The van der Waals surface area contributed by atoms with Gasteiger partial charge in [-0.1, -0.05) is 42.5 Å². The van der Waals surface area contributed by atoms with Crippen molar-refractivity contribution in [3.63, 3.8) is 0 Å². The molecule has 0 spiro atoms. The summed E-state index contributed by atoms with van der Waals surface area (Å²) in [5.74, 6) is 0.464. The van der Waals surface area contributed by atoms with Crippen molar-refractivity contribution in [3.8, 4) is 0 Å². The highest BCUT2D eigenvalue weighted by molar-refractivity contribution is 5.67. The van der Waals surface area contributed by atoms with Gasteiger partial charge in [-0.05, 0) is 30.7 Å². The second-order valence-corrected chi connectivity index (χ2v) is 5.36. The van der Waals surface area contributed by atoms with Gasteiger partial charge in [-0.15, -0.1) is 0 Å². The second-order valence-electron chi connectivity index (χ2n) is 5.36. The van der Waals surface area contributed by atoms with E-state index in [0.29, 0.717) is 19.0 Å². The zero-order valence-corrected chi connectivity index (χ0v) is 12.3. The van der Waals surface area contributed by atoms with Gasteiger partial charge in [-0.25, -0.2) is 4.79 Å². The van der Waals surface area contributed by atoms with Crippen LogP contribution < -0.4 is 0 Å². The molecule has 2 rings (SSSR count). The maximum absolute atomic E-state index is 12.2. The van der Waals surface area contributed by atoms with E-state index in [2.05, 4.69) is 12.2 Å². The first kappa shape index (κ1) is 15.6. The van der Waals surface area contributed by atoms with Crippen molar-refractivity contribution in [2.45, 2.75) is 25.9 Å². The minimum atomic E-state index is -0.345. The predicted molar refractivity (Wildman–Crippen MR) is 81.8 cm³/mol. The highest BCUT2D eigenvalue weighted by Crippen LogP contribution is 2.19. The van der Waals surface area contributed by atoms with Gasteiger partial charge in [-0.2, -0.15) is 0 Å². The highest BCUT2D eigenvalue weighted by atomic mass is 16.6. The number of allylic oxidation sites excluding steroid dienone is 2. The summed E-state index contributed by atoms with van der Waals surface area (Å²) in [5, 5.41) is 9.14. The SMILES string of the molecule is O=C(OCc1ccccc1)N(CCO)CC1CC=CCC1. The smallest absolute Gasteiger partial charge is 0.410 e. The number of nitrogens with zero attached hydrogens (tertiary/aromatic N) is 1. The van der Waals surface area contributed by atoms with E-state index in [1.807, 2.05) is 30.3 Å². The molecule has 1 N–H and O–H groups in total. The summed E-state index contributed by atoms with van der Waals surface area (Å²) in [6.07, 6.45) is 7.15. The van der Waals surface area contributed by atoms with Crippen LogP contribution in [0.5, 0.6) is 0 Å². The van der Waals surface area contributed by atoms with Crippen molar-refractivity contribution in [2.24, 2.45) is 5.92 Å². The molecule has 0 saturated heterocycles. The number of carbonyl (C=O) groups excluding carboxylic acids is 1. The number of amides is 1. The monoisotopic (exact) mass is 289 g/mol. The lowest BCUT2D eigenvalue weighted by Gasteiger charge is -2.27. The lowest BCUT2D eigenvalue weighted by Crippen LogP contribution is -2.38. The Hall–Kier alpha value is -1.81. The normalized spacial score (nSPS) is 17.5. The molecule has 1 aromatic rings. The van der Waals surface area contributed by atoms with Crippen molar-refractivity contribution in [3.05, 3.63) is 48.0 Å². The maximum atomic E-state index is 12.2. The highest BCUT2D eigenvalue weighted by Gasteiger charge is 2.20. The van der Waals surface area contributed by atoms with Crippen LogP contribution in [0.3, 0.4) is 0 Å². The summed E-state index contributed by atoms with van der Waals surface area (Å²) in [7, 11) is 0. The van der Waals surface area contributed by atoms with E-state index >= 15 is 0 Å². The number of ether oxygens (including phenoxy) is 1. The Morgan fingerprint density at radius 2 is 2.10 bits per heavy atom. The fraction of sp³-hybridized carbons (Fsp3) is 0.471. The number of carbonyl (C=O) groups is 1. The first-order chi connectivity index (χ1) is 10.3.